The fraction of sp³-hybridized carbons (Fsp3) is 0.538. The number of alkyl halides is 6. The average Bonchev–Trinajstić information content (AvgIpc) is 2.44. The van der Waals surface area contributed by atoms with Gasteiger partial charge < -0.3 is 15.4 Å². The highest BCUT2D eigenvalue weighted by atomic mass is 19.4. The predicted octanol–water partition coefficient (Wildman–Crippen LogP) is 2.28. The van der Waals surface area contributed by atoms with Crippen LogP contribution in [0.2, 0.25) is 0 Å². The third-order valence-electron chi connectivity index (χ3n) is 3.60. The molecule has 2 rings (SSSR count). The number of rotatable bonds is 2. The van der Waals surface area contributed by atoms with Gasteiger partial charge >= 0.3 is 12.4 Å². The Kier molecular flexibility index (Phi) is 4.66. The van der Waals surface area contributed by atoms with Crippen LogP contribution in [0.25, 0.3) is 0 Å². The van der Waals surface area contributed by atoms with Gasteiger partial charge in [-0.25, -0.2) is 4.98 Å². The third kappa shape index (κ3) is 3.55. The minimum absolute atomic E-state index is 0.0648. The number of nitrogens with zero attached hydrogens (tertiary/aromatic N) is 2. The summed E-state index contributed by atoms with van der Waals surface area (Å²) in [5, 5.41) is 0. The molecule has 1 aromatic heterocycles. The molecule has 1 aromatic rings. The minimum atomic E-state index is -4.76. The van der Waals surface area contributed by atoms with E-state index in [2.05, 4.69) is 9.72 Å². The maximum atomic E-state index is 12.9. The lowest BCUT2D eigenvalue weighted by atomic mass is 10.0. The van der Waals surface area contributed by atoms with E-state index in [1.165, 1.54) is 0 Å². The normalized spacial score (nSPS) is 19.5. The molecule has 0 spiro atoms. The van der Waals surface area contributed by atoms with E-state index in [0.29, 0.717) is 6.20 Å². The number of hydrogen-bond acceptors (Lipinski definition) is 4. The van der Waals surface area contributed by atoms with Crippen molar-refractivity contribution in [1.29, 1.82) is 0 Å². The average molecular weight is 357 g/mol. The zero-order valence-electron chi connectivity index (χ0n) is 12.3. The Morgan fingerprint density at radius 3 is 2.46 bits per heavy atom. The number of primary amides is 1. The summed E-state index contributed by atoms with van der Waals surface area (Å²) in [5.41, 5.74) is 2.94. The molecule has 1 aliphatic heterocycles. The first-order valence-electron chi connectivity index (χ1n) is 6.72. The highest BCUT2D eigenvalue weighted by Gasteiger charge is 2.44. The van der Waals surface area contributed by atoms with E-state index < -0.39 is 47.6 Å². The topological polar surface area (TPSA) is 68.5 Å². The lowest BCUT2D eigenvalue weighted by molar-refractivity contribution is -0.221. The van der Waals surface area contributed by atoms with Gasteiger partial charge in [0.1, 0.15) is 5.82 Å². The highest BCUT2D eigenvalue weighted by molar-refractivity contribution is 5.99. The van der Waals surface area contributed by atoms with Gasteiger partial charge in [0.2, 0.25) is 0 Å². The highest BCUT2D eigenvalue weighted by Crippen LogP contribution is 2.36. The summed E-state index contributed by atoms with van der Waals surface area (Å²) in [4.78, 5) is 16.2. The number of anilines is 1. The summed E-state index contributed by atoms with van der Waals surface area (Å²) >= 11 is 0. The number of carbonyl (C=O) groups is 1. The monoisotopic (exact) mass is 357 g/mol. The molecule has 24 heavy (non-hydrogen) atoms. The van der Waals surface area contributed by atoms with E-state index in [4.69, 9.17) is 5.73 Å². The zero-order chi connectivity index (χ0) is 18.3. The summed E-state index contributed by atoms with van der Waals surface area (Å²) in [6, 6.07) is 0. The van der Waals surface area contributed by atoms with Gasteiger partial charge in [-0.1, -0.05) is 0 Å². The van der Waals surface area contributed by atoms with Gasteiger partial charge in [-0.2, -0.15) is 26.3 Å². The smallest absolute Gasteiger partial charge is 0.365 e. The van der Waals surface area contributed by atoms with Crippen molar-refractivity contribution in [2.75, 3.05) is 24.6 Å². The number of ether oxygens (including phenoxy) is 1. The van der Waals surface area contributed by atoms with E-state index in [1.54, 1.807) is 0 Å². The summed E-state index contributed by atoms with van der Waals surface area (Å²) in [5.74, 6) is -1.51. The van der Waals surface area contributed by atoms with Crippen molar-refractivity contribution in [3.8, 4) is 0 Å². The van der Waals surface area contributed by atoms with Crippen LogP contribution in [-0.2, 0) is 10.9 Å². The SMILES string of the molecule is Cc1c(C(F)(F)F)cnc(N2CCOC(C(F)(F)F)C2)c1C(N)=O. The van der Waals surface area contributed by atoms with Gasteiger partial charge in [-0.3, -0.25) is 4.79 Å². The molecule has 1 saturated heterocycles. The van der Waals surface area contributed by atoms with Crippen molar-refractivity contribution in [2.24, 2.45) is 5.73 Å². The van der Waals surface area contributed by atoms with Crippen LogP contribution in [-0.4, -0.2) is 42.9 Å². The molecule has 1 fully saturated rings. The van der Waals surface area contributed by atoms with Crippen molar-refractivity contribution in [3.63, 3.8) is 0 Å². The van der Waals surface area contributed by atoms with Crippen LogP contribution in [0, 0.1) is 6.92 Å². The first-order chi connectivity index (χ1) is 10.9. The number of amides is 1. The second-order valence-electron chi connectivity index (χ2n) is 5.20. The number of hydrogen-bond donors (Lipinski definition) is 1. The van der Waals surface area contributed by atoms with Gasteiger partial charge in [-0.15, -0.1) is 0 Å². The number of aromatic nitrogens is 1. The fourth-order valence-electron chi connectivity index (χ4n) is 2.45. The molecule has 2 N–H and O–H groups in total. The number of carbonyl (C=O) groups excluding carboxylic acids is 1. The second-order valence-corrected chi connectivity index (χ2v) is 5.20. The maximum Gasteiger partial charge on any atom is 0.418 e. The number of morpholine rings is 1. The zero-order valence-corrected chi connectivity index (χ0v) is 12.3. The molecule has 0 radical (unpaired) electrons. The van der Waals surface area contributed by atoms with Crippen molar-refractivity contribution in [2.45, 2.75) is 25.4 Å². The Hall–Kier alpha value is -2.04. The summed E-state index contributed by atoms with van der Waals surface area (Å²) < 4.78 is 81.7. The Morgan fingerprint density at radius 1 is 1.33 bits per heavy atom. The molecule has 1 unspecified atom stereocenters. The molecule has 134 valence electrons. The van der Waals surface area contributed by atoms with E-state index in [9.17, 15) is 31.1 Å². The molecule has 0 saturated carbocycles. The van der Waals surface area contributed by atoms with Gasteiger partial charge in [0.25, 0.3) is 5.91 Å². The molecule has 0 aromatic carbocycles. The Balaban J connectivity index is 2.47. The first kappa shape index (κ1) is 18.3. The van der Waals surface area contributed by atoms with E-state index in [-0.39, 0.29) is 19.0 Å². The summed E-state index contributed by atoms with van der Waals surface area (Å²) in [7, 11) is 0. The lowest BCUT2D eigenvalue weighted by Crippen LogP contribution is -2.50. The van der Waals surface area contributed by atoms with E-state index >= 15 is 0 Å². The standard InChI is InChI=1S/C13H13F6N3O2/c1-6-7(12(14,15)16)4-21-11(9(6)10(20)23)22-2-3-24-8(5-22)13(17,18)19/h4,8H,2-3,5H2,1H3,(H2,20,23). The van der Waals surface area contributed by atoms with E-state index in [1.807, 2.05) is 0 Å². The van der Waals surface area contributed by atoms with Crippen LogP contribution in [0.3, 0.4) is 0 Å². The first-order valence-corrected chi connectivity index (χ1v) is 6.72. The summed E-state index contributed by atoms with van der Waals surface area (Å²) in [6.45, 7) is -0.0494. The van der Waals surface area contributed by atoms with Crippen LogP contribution < -0.4 is 10.6 Å². The lowest BCUT2D eigenvalue weighted by Gasteiger charge is -2.35. The number of halogens is 6. The van der Waals surface area contributed by atoms with Crippen LogP contribution in [0.5, 0.6) is 0 Å². The van der Waals surface area contributed by atoms with E-state index in [0.717, 1.165) is 11.8 Å². The Bertz CT molecular complexity index is 644. The van der Waals surface area contributed by atoms with Crippen LogP contribution in [0.1, 0.15) is 21.5 Å². The number of pyridine rings is 1. The maximum absolute atomic E-state index is 12.9. The molecular weight excluding hydrogens is 344 g/mol. The number of nitrogens with two attached hydrogens (primary N) is 1. The van der Waals surface area contributed by atoms with Crippen LogP contribution >= 0.6 is 0 Å². The van der Waals surface area contributed by atoms with Gasteiger partial charge in [0, 0.05) is 12.7 Å². The molecule has 1 amide bonds. The largest absolute Gasteiger partial charge is 0.418 e. The van der Waals surface area contributed by atoms with Gasteiger partial charge in [0.15, 0.2) is 6.10 Å². The van der Waals surface area contributed by atoms with Crippen molar-refractivity contribution in [3.05, 3.63) is 22.9 Å². The van der Waals surface area contributed by atoms with Crippen LogP contribution in [0.15, 0.2) is 6.20 Å². The Labute approximate surface area is 132 Å². The van der Waals surface area contributed by atoms with Crippen molar-refractivity contribution < 1.29 is 35.9 Å². The van der Waals surface area contributed by atoms with Crippen molar-refractivity contribution >= 4 is 11.7 Å². The quantitative estimate of drug-likeness (QED) is 0.825. The fourth-order valence-corrected chi connectivity index (χ4v) is 2.45. The van der Waals surface area contributed by atoms with Crippen molar-refractivity contribution in [1.82, 2.24) is 4.98 Å². The molecule has 0 aliphatic carbocycles. The minimum Gasteiger partial charge on any atom is -0.365 e. The Morgan fingerprint density at radius 2 is 1.96 bits per heavy atom. The predicted molar refractivity (Wildman–Crippen MR) is 70.5 cm³/mol. The molecule has 5 nitrogen and oxygen atoms in total. The molecule has 11 heteroatoms. The van der Waals surface area contributed by atoms with Gasteiger partial charge in [-0.05, 0) is 12.5 Å². The third-order valence-corrected chi connectivity index (χ3v) is 3.60. The molecular formula is C13H13F6N3O2. The van der Waals surface area contributed by atoms with Gasteiger partial charge in [0.05, 0.1) is 24.3 Å². The molecule has 0 bridgehead atoms. The second kappa shape index (κ2) is 6.11. The molecule has 1 atom stereocenters. The summed E-state index contributed by atoms with van der Waals surface area (Å²) in [6.07, 6.45) is -11.1. The molecule has 2 heterocycles. The van der Waals surface area contributed by atoms with Crippen LogP contribution in [0.4, 0.5) is 32.2 Å². The molecule has 1 aliphatic rings.